The summed E-state index contributed by atoms with van der Waals surface area (Å²) in [6.45, 7) is 0.200. The first-order valence-corrected chi connectivity index (χ1v) is 8.85. The van der Waals surface area contributed by atoms with E-state index in [0.29, 0.717) is 34.3 Å². The summed E-state index contributed by atoms with van der Waals surface area (Å²) in [5, 5.41) is 3.29. The molecule has 5 rings (SSSR count). The van der Waals surface area contributed by atoms with Crippen molar-refractivity contribution < 1.29 is 14.3 Å². The Kier molecular flexibility index (Phi) is 3.30. The predicted octanol–water partition coefficient (Wildman–Crippen LogP) is 3.01. The third-order valence-electron chi connectivity index (χ3n) is 5.03. The van der Waals surface area contributed by atoms with Gasteiger partial charge >= 0.3 is 0 Å². The number of hydrogen-bond donors (Lipinski definition) is 3. The largest absolute Gasteiger partial charge is 0.454 e. The lowest BCUT2D eigenvalue weighted by molar-refractivity contribution is -0.116. The molecule has 4 N–H and O–H groups in total. The van der Waals surface area contributed by atoms with Gasteiger partial charge in [0.25, 0.3) is 0 Å². The second-order valence-electron chi connectivity index (χ2n) is 6.56. The lowest BCUT2D eigenvalue weighted by atomic mass is 9.76. The van der Waals surface area contributed by atoms with Crippen molar-refractivity contribution in [2.45, 2.75) is 25.2 Å². The molecule has 2 aromatic rings. The Morgan fingerprint density at radius 3 is 2.96 bits per heavy atom. The van der Waals surface area contributed by atoms with Gasteiger partial charge in [0, 0.05) is 29.2 Å². The average Bonchev–Trinajstić information content (AvgIpc) is 3.07. The molecule has 0 radical (unpaired) electrons. The Labute approximate surface area is 154 Å². The van der Waals surface area contributed by atoms with Gasteiger partial charge in [0.15, 0.2) is 22.1 Å². The standard InChI is InChI=1S/C18H16N4O3S/c19-16-15-13(8-4-5-11-12(6-8)25-7-24-11)14-9(2-1-3-10(14)23)20-17(15)22-18(26)21-16/h4-6,13H,1-3,7H2,(H4,19,20,21,22,26). The van der Waals surface area contributed by atoms with Gasteiger partial charge in [0.1, 0.15) is 11.6 Å². The van der Waals surface area contributed by atoms with Gasteiger partial charge in [0.2, 0.25) is 6.79 Å². The molecule has 0 bridgehead atoms. The van der Waals surface area contributed by atoms with Crippen molar-refractivity contribution in [3.63, 3.8) is 0 Å². The first kappa shape index (κ1) is 15.4. The number of allylic oxidation sites excluding steroid dienone is 2. The number of fused-ring (bicyclic) bond motifs is 2. The number of anilines is 2. The zero-order valence-electron chi connectivity index (χ0n) is 13.8. The number of aromatic amines is 1. The van der Waals surface area contributed by atoms with Crippen molar-refractivity contribution in [2.24, 2.45) is 0 Å². The Morgan fingerprint density at radius 1 is 1.23 bits per heavy atom. The van der Waals surface area contributed by atoms with Crippen LogP contribution in [0.3, 0.4) is 0 Å². The maximum Gasteiger partial charge on any atom is 0.231 e. The molecule has 2 aliphatic heterocycles. The van der Waals surface area contributed by atoms with Crippen LogP contribution in [0.1, 0.15) is 36.3 Å². The molecule has 8 heteroatoms. The normalized spacial score (nSPS) is 20.5. The highest BCUT2D eigenvalue weighted by molar-refractivity contribution is 7.71. The zero-order valence-corrected chi connectivity index (χ0v) is 14.6. The van der Waals surface area contributed by atoms with Crippen LogP contribution >= 0.6 is 12.2 Å². The molecule has 0 fully saturated rings. The topological polar surface area (TPSA) is 102 Å². The monoisotopic (exact) mass is 368 g/mol. The van der Waals surface area contributed by atoms with E-state index in [-0.39, 0.29) is 18.5 Å². The third kappa shape index (κ3) is 2.22. The van der Waals surface area contributed by atoms with E-state index >= 15 is 0 Å². The summed E-state index contributed by atoms with van der Waals surface area (Å²) < 4.78 is 11.2. The fourth-order valence-electron chi connectivity index (χ4n) is 3.93. The van der Waals surface area contributed by atoms with Crippen LogP contribution in [0.25, 0.3) is 0 Å². The molecule has 26 heavy (non-hydrogen) atoms. The quantitative estimate of drug-likeness (QED) is 0.665. The SMILES string of the molecule is Nc1[nH]c(=S)nc2c1C(c1ccc3c(c1)OCO3)C1=C(CCCC1=O)N2. The number of ether oxygens (including phenoxy) is 2. The third-order valence-corrected chi connectivity index (χ3v) is 5.23. The number of nitrogen functional groups attached to an aromatic ring is 1. The van der Waals surface area contributed by atoms with Gasteiger partial charge in [-0.1, -0.05) is 6.07 Å². The van der Waals surface area contributed by atoms with Gasteiger partial charge in [-0.25, -0.2) is 4.98 Å². The molecule has 0 amide bonds. The molecule has 1 atom stereocenters. The van der Waals surface area contributed by atoms with Crippen LogP contribution in [-0.2, 0) is 4.79 Å². The van der Waals surface area contributed by atoms with Gasteiger partial charge in [-0.15, -0.1) is 0 Å². The van der Waals surface area contributed by atoms with Crippen LogP contribution in [0, 0.1) is 4.77 Å². The predicted molar refractivity (Wildman–Crippen MR) is 97.7 cm³/mol. The van der Waals surface area contributed by atoms with E-state index in [9.17, 15) is 4.79 Å². The van der Waals surface area contributed by atoms with Gasteiger partial charge < -0.3 is 25.5 Å². The molecular formula is C18H16N4O3S. The van der Waals surface area contributed by atoms with Crippen LogP contribution in [0.2, 0.25) is 0 Å². The highest BCUT2D eigenvalue weighted by Gasteiger charge is 2.37. The van der Waals surface area contributed by atoms with E-state index < -0.39 is 0 Å². The number of carbonyl (C=O) groups excluding carboxylic acids is 1. The maximum atomic E-state index is 12.8. The number of nitrogens with two attached hydrogens (primary N) is 1. The number of nitrogens with zero attached hydrogens (tertiary/aromatic N) is 1. The van der Waals surface area contributed by atoms with E-state index in [1.54, 1.807) is 0 Å². The van der Waals surface area contributed by atoms with Crippen molar-refractivity contribution >= 4 is 29.6 Å². The Bertz CT molecular complexity index is 1040. The van der Waals surface area contributed by atoms with Crippen LogP contribution in [0.5, 0.6) is 11.5 Å². The Hall–Kier alpha value is -2.87. The van der Waals surface area contributed by atoms with Gasteiger partial charge in [-0.2, -0.15) is 0 Å². The summed E-state index contributed by atoms with van der Waals surface area (Å²) in [7, 11) is 0. The molecule has 132 valence electrons. The number of ketones is 1. The van der Waals surface area contributed by atoms with Gasteiger partial charge in [-0.3, -0.25) is 4.79 Å². The molecule has 1 aromatic carbocycles. The van der Waals surface area contributed by atoms with Crippen LogP contribution in [0.4, 0.5) is 11.6 Å². The minimum atomic E-state index is -0.317. The highest BCUT2D eigenvalue weighted by Crippen LogP contribution is 2.48. The van der Waals surface area contributed by atoms with Gasteiger partial charge in [-0.05, 0) is 42.8 Å². The van der Waals surface area contributed by atoms with Crippen molar-refractivity contribution in [1.29, 1.82) is 0 Å². The summed E-state index contributed by atoms with van der Waals surface area (Å²) in [6.07, 6.45) is 2.16. The number of aromatic nitrogens is 2. The second kappa shape index (κ2) is 5.57. The number of H-pyrrole nitrogens is 1. The smallest absolute Gasteiger partial charge is 0.231 e. The first-order valence-electron chi connectivity index (χ1n) is 8.44. The molecule has 1 aliphatic carbocycles. The van der Waals surface area contributed by atoms with Crippen LogP contribution < -0.4 is 20.5 Å². The average molecular weight is 368 g/mol. The minimum Gasteiger partial charge on any atom is -0.454 e. The summed E-state index contributed by atoms with van der Waals surface area (Å²) in [4.78, 5) is 20.1. The molecule has 0 saturated carbocycles. The van der Waals surface area contributed by atoms with Crippen LogP contribution in [-0.4, -0.2) is 22.5 Å². The van der Waals surface area contributed by atoms with Crippen molar-refractivity contribution in [3.8, 4) is 11.5 Å². The molecule has 1 aromatic heterocycles. The minimum absolute atomic E-state index is 0.133. The Morgan fingerprint density at radius 2 is 2.08 bits per heavy atom. The highest BCUT2D eigenvalue weighted by atomic mass is 32.1. The number of rotatable bonds is 1. The lowest BCUT2D eigenvalue weighted by Gasteiger charge is -2.33. The molecular weight excluding hydrogens is 352 g/mol. The van der Waals surface area contributed by atoms with Crippen molar-refractivity contribution in [2.75, 3.05) is 17.8 Å². The van der Waals surface area contributed by atoms with E-state index in [1.807, 2.05) is 18.2 Å². The van der Waals surface area contributed by atoms with Crippen molar-refractivity contribution in [3.05, 3.63) is 45.4 Å². The summed E-state index contributed by atoms with van der Waals surface area (Å²) in [5.74, 6) is 2.22. The molecule has 7 nitrogen and oxygen atoms in total. The maximum absolute atomic E-state index is 12.8. The number of Topliss-reactive ketones (excluding diaryl/α,β-unsaturated/α-hetero) is 1. The fourth-order valence-corrected chi connectivity index (χ4v) is 4.13. The van der Waals surface area contributed by atoms with Crippen LogP contribution in [0.15, 0.2) is 29.5 Å². The van der Waals surface area contributed by atoms with Gasteiger partial charge in [0.05, 0.1) is 0 Å². The first-order chi connectivity index (χ1) is 12.6. The van der Waals surface area contributed by atoms with E-state index in [1.165, 1.54) is 0 Å². The number of carbonyl (C=O) groups is 1. The zero-order chi connectivity index (χ0) is 17.8. The number of hydrogen-bond acceptors (Lipinski definition) is 7. The molecule has 0 spiro atoms. The summed E-state index contributed by atoms with van der Waals surface area (Å²) >= 11 is 5.17. The molecule has 3 heterocycles. The van der Waals surface area contributed by atoms with E-state index in [0.717, 1.165) is 35.2 Å². The fraction of sp³-hybridized carbons (Fsp3) is 0.278. The number of benzene rings is 1. The van der Waals surface area contributed by atoms with E-state index in [4.69, 9.17) is 27.4 Å². The molecule has 0 saturated heterocycles. The number of nitrogens with one attached hydrogen (secondary N) is 2. The summed E-state index contributed by atoms with van der Waals surface area (Å²) in [6, 6.07) is 5.72. The Balaban J connectivity index is 1.76. The second-order valence-corrected chi connectivity index (χ2v) is 6.94. The molecule has 1 unspecified atom stereocenters. The summed E-state index contributed by atoms with van der Waals surface area (Å²) in [5.41, 5.74) is 9.57. The lowest BCUT2D eigenvalue weighted by Crippen LogP contribution is -2.28. The van der Waals surface area contributed by atoms with Crippen molar-refractivity contribution in [1.82, 2.24) is 9.97 Å². The molecule has 3 aliphatic rings. The van der Waals surface area contributed by atoms with E-state index in [2.05, 4.69) is 15.3 Å².